The summed E-state index contributed by atoms with van der Waals surface area (Å²) in [5.41, 5.74) is 1.23. The third kappa shape index (κ3) is 5.29. The largest absolute Gasteiger partial charge is 0.417 e. The van der Waals surface area contributed by atoms with E-state index in [1.807, 2.05) is 29.2 Å². The number of aromatic nitrogens is 1. The van der Waals surface area contributed by atoms with Crippen LogP contribution in [0.15, 0.2) is 42.6 Å². The van der Waals surface area contributed by atoms with Gasteiger partial charge >= 0.3 is 6.18 Å². The molecule has 1 unspecified atom stereocenters. The van der Waals surface area contributed by atoms with E-state index in [2.05, 4.69) is 17.2 Å². The van der Waals surface area contributed by atoms with Crippen molar-refractivity contribution in [3.05, 3.63) is 53.7 Å². The highest BCUT2D eigenvalue weighted by Crippen LogP contribution is 2.30. The van der Waals surface area contributed by atoms with Crippen molar-refractivity contribution in [3.63, 3.8) is 0 Å². The van der Waals surface area contributed by atoms with Gasteiger partial charge in [0.25, 0.3) is 0 Å². The van der Waals surface area contributed by atoms with Crippen molar-refractivity contribution in [2.75, 3.05) is 29.4 Å². The van der Waals surface area contributed by atoms with Gasteiger partial charge < -0.3 is 15.1 Å². The van der Waals surface area contributed by atoms with Crippen molar-refractivity contribution in [3.8, 4) is 0 Å². The Morgan fingerprint density at radius 1 is 1.12 bits per heavy atom. The van der Waals surface area contributed by atoms with Crippen LogP contribution in [0.5, 0.6) is 0 Å². The Labute approximate surface area is 190 Å². The minimum atomic E-state index is -4.40. The van der Waals surface area contributed by atoms with Crippen LogP contribution in [0.3, 0.4) is 0 Å². The number of carbonyl (C=O) groups excluding carboxylic acids is 2. The fraction of sp³-hybridized carbons (Fsp3) is 0.458. The standard InChI is InChI=1S/C24H27F3N4O2/c1-2-16-3-6-20(7-4-16)31-15-17(13-22(31)32)23(33)29-19-9-11-30(12-10-19)21-8-5-18(14-28-21)24(25,26)27/h3-8,14,17,19H,2,9-13,15H2,1H3,(H,29,33). The molecule has 2 aliphatic heterocycles. The summed E-state index contributed by atoms with van der Waals surface area (Å²) in [6.07, 6.45) is -1.11. The molecule has 1 atom stereocenters. The first-order valence-corrected chi connectivity index (χ1v) is 11.2. The van der Waals surface area contributed by atoms with Crippen LogP contribution in [-0.4, -0.2) is 42.5 Å². The second kappa shape index (κ2) is 9.41. The van der Waals surface area contributed by atoms with Gasteiger partial charge in [0.2, 0.25) is 11.8 Å². The summed E-state index contributed by atoms with van der Waals surface area (Å²) in [5.74, 6) is -0.0680. The molecule has 6 nitrogen and oxygen atoms in total. The van der Waals surface area contributed by atoms with E-state index in [0.717, 1.165) is 24.4 Å². The number of hydrogen-bond acceptors (Lipinski definition) is 4. The predicted molar refractivity (Wildman–Crippen MR) is 119 cm³/mol. The Morgan fingerprint density at radius 3 is 2.39 bits per heavy atom. The number of rotatable bonds is 5. The molecule has 2 aliphatic rings. The third-order valence-electron chi connectivity index (χ3n) is 6.39. The molecule has 1 aromatic heterocycles. The van der Waals surface area contributed by atoms with Crippen molar-refractivity contribution in [2.24, 2.45) is 5.92 Å². The van der Waals surface area contributed by atoms with Crippen LogP contribution >= 0.6 is 0 Å². The van der Waals surface area contributed by atoms with Gasteiger partial charge in [-0.3, -0.25) is 9.59 Å². The molecular weight excluding hydrogens is 433 g/mol. The zero-order chi connectivity index (χ0) is 23.6. The molecule has 9 heteroatoms. The van der Waals surface area contributed by atoms with Crippen LogP contribution in [0.4, 0.5) is 24.7 Å². The fourth-order valence-corrected chi connectivity index (χ4v) is 4.36. The number of amides is 2. The monoisotopic (exact) mass is 460 g/mol. The lowest BCUT2D eigenvalue weighted by atomic mass is 10.0. The number of halogens is 3. The number of anilines is 2. The van der Waals surface area contributed by atoms with Crippen LogP contribution in [0, 0.1) is 5.92 Å². The number of pyridine rings is 1. The average Bonchev–Trinajstić information content (AvgIpc) is 3.21. The third-order valence-corrected chi connectivity index (χ3v) is 6.39. The van der Waals surface area contributed by atoms with Crippen LogP contribution < -0.4 is 15.1 Å². The minimum absolute atomic E-state index is 0.0313. The van der Waals surface area contributed by atoms with Gasteiger partial charge in [0, 0.05) is 44.0 Å². The smallest absolute Gasteiger partial charge is 0.356 e. The lowest BCUT2D eigenvalue weighted by molar-refractivity contribution is -0.137. The molecule has 0 radical (unpaired) electrons. The van der Waals surface area contributed by atoms with Crippen molar-refractivity contribution in [1.29, 1.82) is 0 Å². The normalized spacial score (nSPS) is 19.8. The first kappa shape index (κ1) is 23.1. The zero-order valence-electron chi connectivity index (χ0n) is 18.4. The number of carbonyl (C=O) groups is 2. The van der Waals surface area contributed by atoms with E-state index in [-0.39, 0.29) is 24.3 Å². The molecule has 1 aromatic carbocycles. The maximum absolute atomic E-state index is 12.8. The summed E-state index contributed by atoms with van der Waals surface area (Å²) in [7, 11) is 0. The molecule has 2 aromatic rings. The van der Waals surface area contributed by atoms with Gasteiger partial charge in [-0.2, -0.15) is 13.2 Å². The molecule has 0 saturated carbocycles. The molecule has 1 N–H and O–H groups in total. The molecule has 176 valence electrons. The minimum Gasteiger partial charge on any atom is -0.356 e. The molecule has 3 heterocycles. The first-order valence-electron chi connectivity index (χ1n) is 11.2. The van der Waals surface area contributed by atoms with Crippen molar-refractivity contribution in [2.45, 2.75) is 44.8 Å². The van der Waals surface area contributed by atoms with E-state index in [1.165, 1.54) is 11.6 Å². The molecule has 0 bridgehead atoms. The predicted octanol–water partition coefficient (Wildman–Crippen LogP) is 3.80. The average molecular weight is 461 g/mol. The molecule has 33 heavy (non-hydrogen) atoms. The van der Waals surface area contributed by atoms with Gasteiger partial charge in [0.05, 0.1) is 11.5 Å². The highest BCUT2D eigenvalue weighted by molar-refractivity contribution is 6.00. The van der Waals surface area contributed by atoms with Crippen LogP contribution in [0.25, 0.3) is 0 Å². The van der Waals surface area contributed by atoms with Gasteiger partial charge in [-0.1, -0.05) is 19.1 Å². The highest BCUT2D eigenvalue weighted by Gasteiger charge is 2.36. The molecular formula is C24H27F3N4O2. The van der Waals surface area contributed by atoms with Crippen LogP contribution in [-0.2, 0) is 22.2 Å². The van der Waals surface area contributed by atoms with E-state index in [9.17, 15) is 22.8 Å². The van der Waals surface area contributed by atoms with Gasteiger partial charge in [-0.15, -0.1) is 0 Å². The van der Waals surface area contributed by atoms with E-state index in [0.29, 0.717) is 38.3 Å². The molecule has 4 rings (SSSR count). The van der Waals surface area contributed by atoms with Crippen LogP contribution in [0.1, 0.15) is 37.3 Å². The molecule has 0 aliphatic carbocycles. The number of piperidine rings is 1. The number of nitrogens with one attached hydrogen (secondary N) is 1. The number of nitrogens with zero attached hydrogens (tertiary/aromatic N) is 3. The number of aryl methyl sites for hydroxylation is 1. The highest BCUT2D eigenvalue weighted by atomic mass is 19.4. The molecule has 2 saturated heterocycles. The fourth-order valence-electron chi connectivity index (χ4n) is 4.36. The zero-order valence-corrected chi connectivity index (χ0v) is 18.4. The molecule has 2 amide bonds. The summed E-state index contributed by atoms with van der Waals surface area (Å²) in [6, 6.07) is 10.2. The maximum Gasteiger partial charge on any atom is 0.417 e. The number of alkyl halides is 3. The summed E-state index contributed by atoms with van der Waals surface area (Å²) in [4.78, 5) is 32.8. The Bertz CT molecular complexity index is 984. The van der Waals surface area contributed by atoms with Gasteiger partial charge in [-0.05, 0) is 49.1 Å². The van der Waals surface area contributed by atoms with Crippen LogP contribution in [0.2, 0.25) is 0 Å². The summed E-state index contributed by atoms with van der Waals surface area (Å²) in [6.45, 7) is 3.61. The maximum atomic E-state index is 12.8. The number of hydrogen-bond donors (Lipinski definition) is 1. The number of benzene rings is 1. The Hall–Kier alpha value is -3.10. The summed E-state index contributed by atoms with van der Waals surface area (Å²) in [5, 5.41) is 3.06. The second-order valence-corrected chi connectivity index (χ2v) is 8.60. The van der Waals surface area contributed by atoms with Gasteiger partial charge in [0.15, 0.2) is 0 Å². The Balaban J connectivity index is 1.28. The lowest BCUT2D eigenvalue weighted by Crippen LogP contribution is -2.47. The lowest BCUT2D eigenvalue weighted by Gasteiger charge is -2.33. The Kier molecular flexibility index (Phi) is 6.58. The summed E-state index contributed by atoms with van der Waals surface area (Å²) < 4.78 is 38.2. The first-order chi connectivity index (χ1) is 15.7. The van der Waals surface area contributed by atoms with E-state index >= 15 is 0 Å². The van der Waals surface area contributed by atoms with Crippen molar-refractivity contribution < 1.29 is 22.8 Å². The molecule has 0 spiro atoms. The SMILES string of the molecule is CCc1ccc(N2CC(C(=O)NC3CCN(c4ccc(C(F)(F)F)cn4)CC3)CC2=O)cc1. The van der Waals surface area contributed by atoms with Crippen molar-refractivity contribution in [1.82, 2.24) is 10.3 Å². The van der Waals surface area contributed by atoms with Gasteiger partial charge in [-0.25, -0.2) is 4.98 Å². The van der Waals surface area contributed by atoms with Crippen molar-refractivity contribution >= 4 is 23.3 Å². The van der Waals surface area contributed by atoms with E-state index in [1.54, 1.807) is 4.90 Å². The summed E-state index contributed by atoms with van der Waals surface area (Å²) >= 11 is 0. The Morgan fingerprint density at radius 2 is 1.82 bits per heavy atom. The second-order valence-electron chi connectivity index (χ2n) is 8.60. The quantitative estimate of drug-likeness (QED) is 0.737. The molecule has 2 fully saturated rings. The van der Waals surface area contributed by atoms with E-state index < -0.39 is 17.7 Å². The van der Waals surface area contributed by atoms with Gasteiger partial charge in [0.1, 0.15) is 5.82 Å². The topological polar surface area (TPSA) is 65.5 Å². The van der Waals surface area contributed by atoms with E-state index in [4.69, 9.17) is 0 Å².